The number of hydrogen-bond donors (Lipinski definition) is 0. The third-order valence-corrected chi connectivity index (χ3v) is 5.30. The van der Waals surface area contributed by atoms with Crippen molar-refractivity contribution in [3.8, 4) is 0 Å². The minimum Gasteiger partial charge on any atom is -0.385 e. The van der Waals surface area contributed by atoms with Gasteiger partial charge in [-0.15, -0.1) is 22.9 Å². The summed E-state index contributed by atoms with van der Waals surface area (Å²) in [6.45, 7) is 3.62. The van der Waals surface area contributed by atoms with Crippen molar-refractivity contribution in [1.29, 1.82) is 0 Å². The Morgan fingerprint density at radius 1 is 1.11 bits per heavy atom. The Morgan fingerprint density at radius 2 is 1.86 bits per heavy atom. The molecule has 1 atom stereocenters. The van der Waals surface area contributed by atoms with Crippen LogP contribution in [0.15, 0.2) is 47.8 Å². The zero-order valence-corrected chi connectivity index (χ0v) is 17.9. The van der Waals surface area contributed by atoms with E-state index < -0.39 is 5.38 Å². The van der Waals surface area contributed by atoms with E-state index in [1.54, 1.807) is 30.3 Å². The molecule has 0 saturated carbocycles. The van der Waals surface area contributed by atoms with Gasteiger partial charge in [-0.05, 0) is 30.4 Å². The molecule has 1 heterocycles. The maximum absolute atomic E-state index is 13.1. The van der Waals surface area contributed by atoms with Gasteiger partial charge < -0.3 is 14.5 Å². The first-order valence-electron chi connectivity index (χ1n) is 9.27. The van der Waals surface area contributed by atoms with Crippen LogP contribution < -0.4 is 0 Å². The molecule has 0 unspecified atom stereocenters. The lowest BCUT2D eigenvalue weighted by Crippen LogP contribution is -2.45. The highest BCUT2D eigenvalue weighted by Gasteiger charge is 2.24. The summed E-state index contributed by atoms with van der Waals surface area (Å²) in [6.07, 6.45) is 0.655. The molecule has 2 amide bonds. The number of nitrogens with zero attached hydrogens (tertiary/aromatic N) is 2. The van der Waals surface area contributed by atoms with E-state index in [9.17, 15) is 9.59 Å². The monoisotopic (exact) mass is 422 g/mol. The maximum atomic E-state index is 13.1. The number of benzene rings is 1. The molecule has 2 aromatic rings. The molecule has 152 valence electrons. The Hall–Kier alpha value is -1.89. The van der Waals surface area contributed by atoms with Gasteiger partial charge in [0.1, 0.15) is 5.38 Å². The number of hydrogen-bond acceptors (Lipinski definition) is 4. The van der Waals surface area contributed by atoms with E-state index in [2.05, 4.69) is 0 Å². The number of alkyl halides is 1. The molecular weight excluding hydrogens is 396 g/mol. The van der Waals surface area contributed by atoms with Gasteiger partial charge in [-0.3, -0.25) is 9.59 Å². The highest BCUT2D eigenvalue weighted by Crippen LogP contribution is 2.15. The zero-order valence-electron chi connectivity index (χ0n) is 16.3. The Bertz CT molecular complexity index is 723. The van der Waals surface area contributed by atoms with Crippen molar-refractivity contribution in [3.05, 3.63) is 58.3 Å². The summed E-state index contributed by atoms with van der Waals surface area (Å²) in [4.78, 5) is 30.0. The lowest BCUT2D eigenvalue weighted by molar-refractivity contribution is -0.141. The summed E-state index contributed by atoms with van der Waals surface area (Å²) >= 11 is 7.61. The van der Waals surface area contributed by atoms with Gasteiger partial charge in [0.25, 0.3) is 0 Å². The van der Waals surface area contributed by atoms with Crippen molar-refractivity contribution in [1.82, 2.24) is 9.80 Å². The van der Waals surface area contributed by atoms with E-state index >= 15 is 0 Å². The molecule has 0 radical (unpaired) electrons. The first-order chi connectivity index (χ1) is 13.5. The molecular formula is C21H27ClN2O3S. The van der Waals surface area contributed by atoms with Crippen molar-refractivity contribution < 1.29 is 14.3 Å². The van der Waals surface area contributed by atoms with Gasteiger partial charge in [0.2, 0.25) is 11.8 Å². The molecule has 0 aliphatic carbocycles. The van der Waals surface area contributed by atoms with E-state index in [-0.39, 0.29) is 18.4 Å². The van der Waals surface area contributed by atoms with E-state index in [0.717, 1.165) is 10.4 Å². The minimum atomic E-state index is -0.671. The summed E-state index contributed by atoms with van der Waals surface area (Å²) in [7, 11) is 1.62. The number of methoxy groups -OCH3 is 1. The number of rotatable bonds is 11. The smallest absolute Gasteiger partial charge is 0.242 e. The highest BCUT2D eigenvalue weighted by atomic mass is 35.5. The fourth-order valence-corrected chi connectivity index (χ4v) is 3.67. The topological polar surface area (TPSA) is 49.9 Å². The summed E-state index contributed by atoms with van der Waals surface area (Å²) in [5.41, 5.74) is 1.05. The fourth-order valence-electron chi connectivity index (χ4n) is 2.81. The van der Waals surface area contributed by atoms with E-state index in [1.807, 2.05) is 47.8 Å². The summed E-state index contributed by atoms with van der Waals surface area (Å²) in [5.74, 6) is -0.331. The van der Waals surface area contributed by atoms with Crippen LogP contribution in [0.4, 0.5) is 0 Å². The van der Waals surface area contributed by atoms with Crippen LogP contribution in [0.3, 0.4) is 0 Å². The molecule has 5 nitrogen and oxygen atoms in total. The summed E-state index contributed by atoms with van der Waals surface area (Å²) < 4.78 is 5.07. The van der Waals surface area contributed by atoms with Crippen LogP contribution in [0, 0.1) is 0 Å². The lowest BCUT2D eigenvalue weighted by atomic mass is 10.2. The fraction of sp³-hybridized carbons (Fsp3) is 0.429. The highest BCUT2D eigenvalue weighted by molar-refractivity contribution is 7.09. The summed E-state index contributed by atoms with van der Waals surface area (Å²) in [5, 5.41) is 1.33. The zero-order chi connectivity index (χ0) is 20.4. The predicted octanol–water partition coefficient (Wildman–Crippen LogP) is 3.77. The van der Waals surface area contributed by atoms with E-state index in [1.165, 1.54) is 4.90 Å². The van der Waals surface area contributed by atoms with Gasteiger partial charge in [-0.2, -0.15) is 0 Å². The van der Waals surface area contributed by atoms with Crippen LogP contribution >= 0.6 is 22.9 Å². The average Bonchev–Trinajstić information content (AvgIpc) is 3.20. The van der Waals surface area contributed by atoms with Crippen LogP contribution in [-0.4, -0.2) is 53.8 Å². The molecule has 2 rings (SSSR count). The van der Waals surface area contributed by atoms with E-state index in [4.69, 9.17) is 16.3 Å². The Morgan fingerprint density at radius 3 is 2.46 bits per heavy atom. The number of carbonyl (C=O) groups is 2. The number of halogens is 1. The van der Waals surface area contributed by atoms with Crippen molar-refractivity contribution in [2.24, 2.45) is 0 Å². The minimum absolute atomic E-state index is 0.0117. The van der Waals surface area contributed by atoms with Crippen LogP contribution in [0.5, 0.6) is 0 Å². The van der Waals surface area contributed by atoms with Crippen LogP contribution in [0.1, 0.15) is 23.8 Å². The number of amides is 2. The molecule has 0 aliphatic heterocycles. The van der Waals surface area contributed by atoms with Gasteiger partial charge in [0.05, 0.1) is 13.1 Å². The van der Waals surface area contributed by atoms with Gasteiger partial charge in [-0.25, -0.2) is 0 Å². The van der Waals surface area contributed by atoms with E-state index in [0.29, 0.717) is 32.7 Å². The molecule has 0 bridgehead atoms. The molecule has 0 aliphatic rings. The second-order valence-electron chi connectivity index (χ2n) is 6.54. The first kappa shape index (κ1) is 22.4. The standard InChI is InChI=1S/C21H27ClN2O3S/c1-17(22)21(26)23(11-7-12-27-2)16-20(25)24(15-19-10-6-13-28-19)14-18-8-4-3-5-9-18/h3-6,8-10,13,17H,7,11-12,14-16H2,1-2H3/t17-/m0/s1. The molecule has 0 N–H and O–H groups in total. The normalized spacial score (nSPS) is 11.8. The Balaban J connectivity index is 2.12. The average molecular weight is 423 g/mol. The second kappa shape index (κ2) is 11.8. The quantitative estimate of drug-likeness (QED) is 0.409. The Labute approximate surface area is 175 Å². The van der Waals surface area contributed by atoms with Crippen LogP contribution in [0.2, 0.25) is 0 Å². The van der Waals surface area contributed by atoms with Gasteiger partial charge >= 0.3 is 0 Å². The number of thiophene rings is 1. The van der Waals surface area contributed by atoms with Crippen molar-refractivity contribution in [3.63, 3.8) is 0 Å². The van der Waals surface area contributed by atoms with Crippen molar-refractivity contribution in [2.75, 3.05) is 26.8 Å². The van der Waals surface area contributed by atoms with Gasteiger partial charge in [0, 0.05) is 31.7 Å². The number of ether oxygens (including phenoxy) is 1. The SMILES string of the molecule is COCCCN(CC(=O)N(Cc1ccccc1)Cc1cccs1)C(=O)[C@H](C)Cl. The molecule has 1 aromatic heterocycles. The third-order valence-electron chi connectivity index (χ3n) is 4.25. The first-order valence-corrected chi connectivity index (χ1v) is 10.6. The molecule has 7 heteroatoms. The second-order valence-corrected chi connectivity index (χ2v) is 8.22. The van der Waals surface area contributed by atoms with Crippen LogP contribution in [0.25, 0.3) is 0 Å². The van der Waals surface area contributed by atoms with Crippen LogP contribution in [-0.2, 0) is 27.4 Å². The third kappa shape index (κ3) is 7.26. The number of carbonyl (C=O) groups excluding carboxylic acids is 2. The molecule has 1 aromatic carbocycles. The maximum Gasteiger partial charge on any atom is 0.242 e. The molecule has 0 saturated heterocycles. The van der Waals surface area contributed by atoms with Gasteiger partial charge in [-0.1, -0.05) is 36.4 Å². The molecule has 28 heavy (non-hydrogen) atoms. The Kier molecular flexibility index (Phi) is 9.47. The molecule has 0 spiro atoms. The van der Waals surface area contributed by atoms with Crippen molar-refractivity contribution >= 4 is 34.8 Å². The molecule has 0 fully saturated rings. The van der Waals surface area contributed by atoms with Crippen molar-refractivity contribution in [2.45, 2.75) is 31.8 Å². The summed E-state index contributed by atoms with van der Waals surface area (Å²) in [6, 6.07) is 13.8. The van der Waals surface area contributed by atoms with Gasteiger partial charge in [0.15, 0.2) is 0 Å². The predicted molar refractivity (Wildman–Crippen MR) is 113 cm³/mol. The largest absolute Gasteiger partial charge is 0.385 e. The lowest BCUT2D eigenvalue weighted by Gasteiger charge is -2.28.